The van der Waals surface area contributed by atoms with Crippen molar-refractivity contribution >= 4 is 46.1 Å². The molecule has 0 spiro atoms. The Kier molecular flexibility index (Phi) is 32.4. The fourth-order valence-electron chi connectivity index (χ4n) is 21.3. The maximum absolute atomic E-state index is 5.50. The molecule has 0 aliphatic carbocycles. The normalized spacial score (nSPS) is 15.3. The van der Waals surface area contributed by atoms with Gasteiger partial charge in [0.05, 0.1) is 45.6 Å². The van der Waals surface area contributed by atoms with Crippen molar-refractivity contribution in [2.24, 2.45) is 0 Å². The van der Waals surface area contributed by atoms with Gasteiger partial charge < -0.3 is 45.4 Å². The fraction of sp³-hybridized carbons (Fsp3) is 0.286. The number of para-hydroxylation sites is 2. The number of aromatic nitrogens is 12. The number of nitrogens with zero attached hydrogens (tertiary/aromatic N) is 16. The summed E-state index contributed by atoms with van der Waals surface area (Å²) in [5, 5.41) is 14.1. The van der Waals surface area contributed by atoms with E-state index >= 15 is 0 Å². The van der Waals surface area contributed by atoms with Crippen LogP contribution in [0.15, 0.2) is 267 Å². The van der Waals surface area contributed by atoms with E-state index in [0.29, 0.717) is 0 Å². The Morgan fingerprint density at radius 3 is 0.979 bits per heavy atom. The summed E-state index contributed by atoms with van der Waals surface area (Å²) in [4.78, 5) is 66.4. The van der Waals surface area contributed by atoms with E-state index in [1.807, 2.05) is 109 Å². The molecule has 0 saturated heterocycles. The van der Waals surface area contributed by atoms with Crippen molar-refractivity contribution in [3.05, 3.63) is 457 Å². The molecule has 12 aromatic heterocycles. The summed E-state index contributed by atoms with van der Waals surface area (Å²) in [6.07, 6.45) is 15.5. The van der Waals surface area contributed by atoms with E-state index in [1.165, 1.54) is 44.5 Å². The minimum absolute atomic E-state index is 0. The van der Waals surface area contributed by atoms with Gasteiger partial charge in [0.15, 0.2) is 0 Å². The summed E-state index contributed by atoms with van der Waals surface area (Å²) < 4.78 is 0. The van der Waals surface area contributed by atoms with E-state index in [9.17, 15) is 0 Å². The number of rotatable bonds is 10. The third-order valence-electron chi connectivity index (χ3n) is 29.8. The molecule has 0 saturated carbocycles. The van der Waals surface area contributed by atoms with E-state index in [0.717, 1.165) is 254 Å². The predicted molar refractivity (Wildman–Crippen MR) is 578 cm³/mol. The van der Waals surface area contributed by atoms with Crippen LogP contribution in [-0.2, 0) is 168 Å². The molecule has 6 aliphatic rings. The Labute approximate surface area is 919 Å². The molecule has 0 fully saturated rings. The van der Waals surface area contributed by atoms with Crippen molar-refractivity contribution in [3.63, 3.8) is 0 Å². The van der Waals surface area contributed by atoms with E-state index in [4.69, 9.17) is 70.4 Å². The van der Waals surface area contributed by atoms with Gasteiger partial charge in [-0.1, -0.05) is 322 Å². The second-order valence-corrected chi connectivity index (χ2v) is 40.9. The molecule has 146 heavy (non-hydrogen) atoms. The van der Waals surface area contributed by atoms with Crippen LogP contribution < -0.4 is 40.4 Å². The Morgan fingerprint density at radius 1 is 0.253 bits per heavy atom. The van der Waals surface area contributed by atoms with Crippen LogP contribution in [0.3, 0.4) is 0 Å². The zero-order valence-electron chi connectivity index (χ0n) is 87.5. The summed E-state index contributed by atoms with van der Waals surface area (Å²) >= 11 is 0. The molecule has 0 atom stereocenters. The van der Waals surface area contributed by atoms with Gasteiger partial charge in [-0.3, -0.25) is 15.0 Å². The smallest absolute Gasteiger partial charge is 0.663 e. The molecule has 0 unspecified atom stereocenters. The van der Waals surface area contributed by atoms with Gasteiger partial charge in [0.2, 0.25) is 0 Å². The van der Waals surface area contributed by atoms with E-state index in [-0.39, 0.29) is 117 Å². The third-order valence-corrected chi connectivity index (χ3v) is 29.8. The monoisotopic (exact) mass is 2640 g/mol. The predicted octanol–water partition coefficient (Wildman–Crippen LogP) is 26.1. The summed E-state index contributed by atoms with van der Waals surface area (Å²) in [5.74, 6) is 1.56. The topological polar surface area (TPSA) is 194 Å². The van der Waals surface area contributed by atoms with Gasteiger partial charge in [-0.15, -0.1) is 79.6 Å². The molecule has 20 heteroatoms. The Hall–Kier alpha value is -12.1. The molecule has 4 aromatic carbocycles. The van der Waals surface area contributed by atoms with Crippen LogP contribution in [0.25, 0.3) is 79.4 Å². The van der Waals surface area contributed by atoms with Crippen LogP contribution >= 0.6 is 0 Å². The number of benzene rings is 4. The molecule has 16 nitrogen and oxygen atoms in total. The van der Waals surface area contributed by atoms with E-state index in [2.05, 4.69) is 332 Å². The minimum atomic E-state index is -0.352. The van der Waals surface area contributed by atoms with Gasteiger partial charge in [-0.25, -0.2) is 19.9 Å². The summed E-state index contributed by atoms with van der Waals surface area (Å²) in [7, 11) is 0. The maximum atomic E-state index is 5.50. The van der Waals surface area contributed by atoms with Crippen molar-refractivity contribution in [2.45, 2.75) is 236 Å². The Balaban J connectivity index is 0.000000145. The summed E-state index contributed by atoms with van der Waals surface area (Å²) in [6.45, 7) is 49.2. The van der Waals surface area contributed by atoms with Gasteiger partial charge in [0, 0.05) is 72.3 Å². The van der Waals surface area contributed by atoms with Crippen LogP contribution in [0.2, 0.25) is 0 Å². The quantitative estimate of drug-likeness (QED) is 0.117. The first-order valence-corrected chi connectivity index (χ1v) is 50.7. The van der Waals surface area contributed by atoms with Gasteiger partial charge >= 0.3 is 84.3 Å². The molecule has 0 radical (unpaired) electrons. The molecule has 750 valence electrons. The maximum Gasteiger partial charge on any atom is 2.00 e. The number of hydrogen-bond acceptors (Lipinski definition) is 10. The van der Waals surface area contributed by atoms with Gasteiger partial charge in [0.1, 0.15) is 0 Å². The van der Waals surface area contributed by atoms with Gasteiger partial charge in [0.25, 0.3) is 0 Å². The average Bonchev–Trinajstić information content (AvgIpc) is 1.58. The zero-order valence-corrected chi connectivity index (χ0v) is 96.6. The molecule has 0 N–H and O–H groups in total. The summed E-state index contributed by atoms with van der Waals surface area (Å²) in [5.41, 5.74) is 38.3. The van der Waals surface area contributed by atoms with Crippen LogP contribution in [0.1, 0.15) is 299 Å². The van der Waals surface area contributed by atoms with Crippen LogP contribution in [-0.4, -0.2) is 39.9 Å². The Morgan fingerprint density at radius 2 is 0.562 bits per heavy atom. The van der Waals surface area contributed by atoms with Gasteiger partial charge in [-0.2, -0.15) is 35.4 Å². The Bertz CT molecular complexity index is 7600. The fourth-order valence-corrected chi connectivity index (χ4v) is 21.3. The molecule has 22 rings (SSSR count). The minimum Gasteiger partial charge on any atom is -0.663 e. The molecular weight excluding hydrogens is 2520 g/mol. The first-order valence-electron chi connectivity index (χ1n) is 50.7. The number of pyridine rings is 8. The molecule has 0 amide bonds. The largest absolute Gasteiger partial charge is 2.00 e. The molecule has 32 bridgehead atoms. The number of anilines is 2. The van der Waals surface area contributed by atoms with Crippen molar-refractivity contribution in [1.29, 1.82) is 0 Å². The second-order valence-electron chi connectivity index (χ2n) is 40.9. The zero-order chi connectivity index (χ0) is 99.6. The molecule has 6 aliphatic heterocycles. The number of fused-ring (bicyclic) bond motifs is 37. The van der Waals surface area contributed by atoms with Crippen molar-refractivity contribution in [3.8, 4) is 34.0 Å². The SMILES string of the molecule is C1=C2[N-]C(=Cc3cccc(n3)C3=CN(c4ccccc4)C(=Cc4cccc2n4)[N-]3)N1c1ccccc1.CCc1c(CC)c2[n-]c1=C(C)c1cccc(n1)-c1cccc(n1)C(C)=c1[n-]c=2c(CC)c1CC.CCc1c2[n-]c(c1CC)C(C)(C)c1cccc(n1)-c1[c-]c(ccc1)C(C)(C)c1cccc-2n1.CCc1c2[n-]c(c1CC)C(C)(C)c1cccc(n1)C(C)(C)c1[c-]c(ccc1)C(C)(C)c1cccc(n1)C2(C)C.[Pt+2].[Pt+2].[Pt+2].[Pt+2]. The third kappa shape index (κ3) is 20.0. The summed E-state index contributed by atoms with van der Waals surface area (Å²) in [6, 6.07) is 90.7. The van der Waals surface area contributed by atoms with Crippen LogP contribution in [0.4, 0.5) is 11.4 Å². The first-order chi connectivity index (χ1) is 68.3. The van der Waals surface area contributed by atoms with E-state index in [1.54, 1.807) is 0 Å². The van der Waals surface area contributed by atoms with Crippen molar-refractivity contribution in [1.82, 2.24) is 59.8 Å². The van der Waals surface area contributed by atoms with Crippen LogP contribution in [0, 0.1) is 22.8 Å². The van der Waals surface area contributed by atoms with Crippen molar-refractivity contribution in [2.75, 3.05) is 9.80 Å². The van der Waals surface area contributed by atoms with Gasteiger partial charge in [-0.05, 0) is 208 Å². The molecular formula is C126H126N16Pt4. The number of hydrogen-bond donors (Lipinski definition) is 0. The molecule has 16 aromatic rings. The van der Waals surface area contributed by atoms with Crippen molar-refractivity contribution < 1.29 is 84.3 Å². The second kappa shape index (κ2) is 43.7. The average molecular weight is 2640 g/mol. The standard InChI is InChI=1S/C36H43N3.C30H20N6.C30H32N4.C30H31N3.4Pt/c1-11-25-26(12-2)32-36(9,10)30-21-15-19-28(38-30)34(5,6)24-17-13-16-23(22-24)33(3,4)27-18-14-20-29(37-27)35(7,8)31(25)39-32;1-3-11-23(12-4-1)35-19-27-25-15-8-10-22(32-25)18-30-34-28(20-36(30)24-13-5-2-6-14-24)26-16-7-9-21(31-26)17-29(35)33-27;1-7-19-21(9-3)29-30-22(10-4)20(8-2)28(34-30)18(6)24-14-12-16-26(32-24)25-15-11-13-23(31-25)17(5)27(19)33-29;1-7-21-22(8-2)28-30(5,6)26-17-10-14-23(31-26)19-12-9-13-20(18-19)29(3,4)25-16-11-15-24(32-25)27(21)33-28;;;;/h13-21H,11-12H2,1-10H3;1-20H;11-16H,7-10H2,1-6H3;9-17H,7-8H2,1-6H3;;;;/q4*-2;4*+2. The molecule has 18 heterocycles. The first kappa shape index (κ1) is 108. The van der Waals surface area contributed by atoms with Crippen LogP contribution in [0.5, 0.6) is 0 Å². The van der Waals surface area contributed by atoms with E-state index < -0.39 is 0 Å².